The molecule has 0 fully saturated rings. The molecule has 0 amide bonds. The lowest BCUT2D eigenvalue weighted by Gasteiger charge is -2.22. The molecule has 1 rings (SSSR count). The Labute approximate surface area is 89.7 Å². The van der Waals surface area contributed by atoms with Gasteiger partial charge in [0, 0.05) is 24.5 Å². The molecule has 5 nitrogen and oxygen atoms in total. The van der Waals surface area contributed by atoms with Gasteiger partial charge in [-0.1, -0.05) is 6.92 Å². The highest BCUT2D eigenvalue weighted by molar-refractivity contribution is 5.51. The van der Waals surface area contributed by atoms with Crippen molar-refractivity contribution in [1.82, 2.24) is 4.98 Å². The lowest BCUT2D eigenvalue weighted by molar-refractivity contribution is 0.0697. The van der Waals surface area contributed by atoms with Gasteiger partial charge in [0.05, 0.1) is 5.60 Å². The summed E-state index contributed by atoms with van der Waals surface area (Å²) in [5.41, 5.74) is 2.65. The molecule has 0 saturated carbocycles. The van der Waals surface area contributed by atoms with Crippen molar-refractivity contribution < 1.29 is 5.11 Å². The van der Waals surface area contributed by atoms with Crippen LogP contribution in [0.15, 0.2) is 18.3 Å². The number of hydrogen-bond donors (Lipinski definition) is 4. The van der Waals surface area contributed by atoms with Gasteiger partial charge >= 0.3 is 0 Å². The highest BCUT2D eigenvalue weighted by Gasteiger charge is 2.16. The normalized spacial score (nSPS) is 14.4. The van der Waals surface area contributed by atoms with E-state index in [0.717, 1.165) is 5.69 Å². The summed E-state index contributed by atoms with van der Waals surface area (Å²) in [6, 6.07) is 3.61. The molecule has 0 aromatic carbocycles. The van der Waals surface area contributed by atoms with Crippen LogP contribution in [-0.2, 0) is 0 Å². The van der Waals surface area contributed by atoms with Crippen molar-refractivity contribution in [2.75, 3.05) is 17.3 Å². The van der Waals surface area contributed by atoms with E-state index >= 15 is 0 Å². The SMILES string of the molecule is CCC(C)(O)CNc1ccnc(NN)c1. The molecule has 0 saturated heterocycles. The Morgan fingerprint density at radius 3 is 2.93 bits per heavy atom. The number of anilines is 2. The van der Waals surface area contributed by atoms with E-state index in [-0.39, 0.29) is 0 Å². The number of nitrogens with two attached hydrogens (primary N) is 1. The van der Waals surface area contributed by atoms with Crippen molar-refractivity contribution >= 4 is 11.5 Å². The highest BCUT2D eigenvalue weighted by Crippen LogP contribution is 2.14. The standard InChI is InChI=1S/C10H18N4O/c1-3-10(2,15)7-13-8-4-5-12-9(6-8)14-11/h4-6,15H,3,7,11H2,1-2H3,(H2,12,13,14). The quantitative estimate of drug-likeness (QED) is 0.429. The van der Waals surface area contributed by atoms with Gasteiger partial charge < -0.3 is 15.8 Å². The second-order valence-corrected chi connectivity index (χ2v) is 3.78. The lowest BCUT2D eigenvalue weighted by atomic mass is 10.0. The summed E-state index contributed by atoms with van der Waals surface area (Å²) in [5, 5.41) is 12.9. The minimum atomic E-state index is -0.695. The summed E-state index contributed by atoms with van der Waals surface area (Å²) in [7, 11) is 0. The number of nitrogens with zero attached hydrogens (tertiary/aromatic N) is 1. The first-order valence-electron chi connectivity index (χ1n) is 4.96. The first-order chi connectivity index (χ1) is 7.07. The topological polar surface area (TPSA) is 83.2 Å². The third-order valence-electron chi connectivity index (χ3n) is 2.34. The van der Waals surface area contributed by atoms with Gasteiger partial charge in [-0.15, -0.1) is 0 Å². The molecule has 84 valence electrons. The van der Waals surface area contributed by atoms with Crippen molar-refractivity contribution in [3.05, 3.63) is 18.3 Å². The summed E-state index contributed by atoms with van der Waals surface area (Å²) in [6.45, 7) is 4.24. The van der Waals surface area contributed by atoms with Crippen LogP contribution in [0.5, 0.6) is 0 Å². The molecule has 0 aliphatic heterocycles. The first-order valence-corrected chi connectivity index (χ1v) is 4.96. The number of aromatic nitrogens is 1. The fourth-order valence-corrected chi connectivity index (χ4v) is 1.04. The van der Waals surface area contributed by atoms with Crippen molar-refractivity contribution in [2.45, 2.75) is 25.9 Å². The predicted octanol–water partition coefficient (Wildman–Crippen LogP) is 0.940. The first kappa shape index (κ1) is 11.7. The summed E-state index contributed by atoms with van der Waals surface area (Å²) < 4.78 is 0. The molecule has 0 aliphatic rings. The Morgan fingerprint density at radius 1 is 1.60 bits per heavy atom. The highest BCUT2D eigenvalue weighted by atomic mass is 16.3. The van der Waals surface area contributed by atoms with Crippen molar-refractivity contribution in [3.63, 3.8) is 0 Å². The zero-order chi connectivity index (χ0) is 11.3. The van der Waals surface area contributed by atoms with Gasteiger partial charge in [0.2, 0.25) is 0 Å². The maximum Gasteiger partial charge on any atom is 0.141 e. The van der Waals surface area contributed by atoms with Crippen molar-refractivity contribution in [1.29, 1.82) is 0 Å². The molecule has 0 aliphatic carbocycles. The van der Waals surface area contributed by atoms with Crippen LogP contribution in [-0.4, -0.2) is 22.2 Å². The van der Waals surface area contributed by atoms with Crippen molar-refractivity contribution in [3.8, 4) is 0 Å². The Balaban J connectivity index is 2.57. The number of rotatable bonds is 5. The number of hydrazine groups is 1. The van der Waals surface area contributed by atoms with Crippen LogP contribution >= 0.6 is 0 Å². The number of aliphatic hydroxyl groups is 1. The molecule has 1 aromatic heterocycles. The van der Waals surface area contributed by atoms with Crippen molar-refractivity contribution in [2.24, 2.45) is 5.84 Å². The van der Waals surface area contributed by atoms with Gasteiger partial charge in [0.25, 0.3) is 0 Å². The summed E-state index contributed by atoms with van der Waals surface area (Å²) in [6.07, 6.45) is 2.35. The monoisotopic (exact) mass is 210 g/mol. The number of nitrogens with one attached hydrogen (secondary N) is 2. The van der Waals surface area contributed by atoms with E-state index in [0.29, 0.717) is 18.8 Å². The molecule has 1 heterocycles. The van der Waals surface area contributed by atoms with E-state index in [1.807, 2.05) is 13.0 Å². The van der Waals surface area contributed by atoms with Gasteiger partial charge in [0.1, 0.15) is 5.82 Å². The van der Waals surface area contributed by atoms with Crippen LogP contribution in [0.3, 0.4) is 0 Å². The number of nitrogen functional groups attached to an aromatic ring is 1. The second kappa shape index (κ2) is 4.95. The molecule has 1 unspecified atom stereocenters. The van der Waals surface area contributed by atoms with Crippen LogP contribution in [0.2, 0.25) is 0 Å². The lowest BCUT2D eigenvalue weighted by Crippen LogP contribution is -2.32. The molecule has 5 heteroatoms. The molecular weight excluding hydrogens is 192 g/mol. The Morgan fingerprint density at radius 2 is 2.33 bits per heavy atom. The maximum absolute atomic E-state index is 9.79. The summed E-state index contributed by atoms with van der Waals surface area (Å²) >= 11 is 0. The van der Waals surface area contributed by atoms with Crippen LogP contribution < -0.4 is 16.6 Å². The third kappa shape index (κ3) is 3.73. The Hall–Kier alpha value is -1.33. The minimum absolute atomic E-state index is 0.498. The van der Waals surface area contributed by atoms with Gasteiger partial charge in [-0.25, -0.2) is 10.8 Å². The smallest absolute Gasteiger partial charge is 0.141 e. The third-order valence-corrected chi connectivity index (χ3v) is 2.34. The number of pyridine rings is 1. The Kier molecular flexibility index (Phi) is 3.88. The molecule has 0 spiro atoms. The number of hydrogen-bond acceptors (Lipinski definition) is 5. The molecule has 1 aromatic rings. The molecule has 5 N–H and O–H groups in total. The molecule has 0 radical (unpaired) electrons. The van der Waals surface area contributed by atoms with E-state index in [1.165, 1.54) is 0 Å². The molecular formula is C10H18N4O. The second-order valence-electron chi connectivity index (χ2n) is 3.78. The average molecular weight is 210 g/mol. The van der Waals surface area contributed by atoms with E-state index in [1.54, 1.807) is 19.2 Å². The summed E-state index contributed by atoms with van der Waals surface area (Å²) in [5.74, 6) is 5.83. The van der Waals surface area contributed by atoms with Gasteiger partial charge in [-0.3, -0.25) is 0 Å². The van der Waals surface area contributed by atoms with E-state index in [9.17, 15) is 5.11 Å². The molecule has 1 atom stereocenters. The van der Waals surface area contributed by atoms with Gasteiger partial charge in [-0.2, -0.15) is 0 Å². The van der Waals surface area contributed by atoms with Crippen LogP contribution in [0.4, 0.5) is 11.5 Å². The van der Waals surface area contributed by atoms with Gasteiger partial charge in [-0.05, 0) is 19.4 Å². The van der Waals surface area contributed by atoms with Crippen LogP contribution in [0, 0.1) is 0 Å². The van der Waals surface area contributed by atoms with E-state index in [2.05, 4.69) is 15.7 Å². The molecule has 0 bridgehead atoms. The van der Waals surface area contributed by atoms with Crippen LogP contribution in [0.25, 0.3) is 0 Å². The average Bonchev–Trinajstić information content (AvgIpc) is 2.27. The van der Waals surface area contributed by atoms with E-state index in [4.69, 9.17) is 5.84 Å². The maximum atomic E-state index is 9.79. The minimum Gasteiger partial charge on any atom is -0.388 e. The molecule has 15 heavy (non-hydrogen) atoms. The zero-order valence-corrected chi connectivity index (χ0v) is 9.12. The fraction of sp³-hybridized carbons (Fsp3) is 0.500. The Bertz CT molecular complexity index is 314. The largest absolute Gasteiger partial charge is 0.388 e. The van der Waals surface area contributed by atoms with Gasteiger partial charge in [0.15, 0.2) is 0 Å². The fourth-order valence-electron chi connectivity index (χ4n) is 1.04. The van der Waals surface area contributed by atoms with E-state index < -0.39 is 5.60 Å². The zero-order valence-electron chi connectivity index (χ0n) is 9.12. The summed E-state index contributed by atoms with van der Waals surface area (Å²) in [4.78, 5) is 3.98. The predicted molar refractivity (Wildman–Crippen MR) is 61.5 cm³/mol. The van der Waals surface area contributed by atoms with Crippen LogP contribution in [0.1, 0.15) is 20.3 Å².